The van der Waals surface area contributed by atoms with Crippen LogP contribution in [0.15, 0.2) is 12.7 Å². The SMILES string of the molecule is C=CCOCCNC(C)CCC. The minimum absolute atomic E-state index is 0.613. The first-order valence-electron chi connectivity index (χ1n) is 4.73. The molecule has 0 heterocycles. The molecule has 0 radical (unpaired) electrons. The Morgan fingerprint density at radius 1 is 1.58 bits per heavy atom. The number of ether oxygens (including phenoxy) is 1. The second kappa shape index (κ2) is 8.75. The van der Waals surface area contributed by atoms with E-state index in [2.05, 4.69) is 25.7 Å². The molecule has 0 fully saturated rings. The van der Waals surface area contributed by atoms with Crippen molar-refractivity contribution in [3.05, 3.63) is 12.7 Å². The molecule has 0 aromatic rings. The topological polar surface area (TPSA) is 21.3 Å². The third-order valence-electron chi connectivity index (χ3n) is 1.70. The van der Waals surface area contributed by atoms with Gasteiger partial charge in [-0.25, -0.2) is 0 Å². The maximum Gasteiger partial charge on any atom is 0.0645 e. The Labute approximate surface area is 76.0 Å². The fourth-order valence-electron chi connectivity index (χ4n) is 1.08. The van der Waals surface area contributed by atoms with Crippen LogP contribution in [0.3, 0.4) is 0 Å². The largest absolute Gasteiger partial charge is 0.376 e. The van der Waals surface area contributed by atoms with Crippen LogP contribution in [-0.2, 0) is 4.74 Å². The average Bonchev–Trinajstić information content (AvgIpc) is 2.05. The van der Waals surface area contributed by atoms with E-state index in [1.807, 2.05) is 0 Å². The van der Waals surface area contributed by atoms with Crippen molar-refractivity contribution in [2.45, 2.75) is 32.7 Å². The van der Waals surface area contributed by atoms with Gasteiger partial charge in [0.05, 0.1) is 13.2 Å². The molecule has 0 saturated carbocycles. The molecule has 72 valence electrons. The molecule has 0 bridgehead atoms. The van der Waals surface area contributed by atoms with E-state index in [1.165, 1.54) is 12.8 Å². The Kier molecular flexibility index (Phi) is 8.51. The Balaban J connectivity index is 3.02. The summed E-state index contributed by atoms with van der Waals surface area (Å²) in [6.45, 7) is 10.4. The lowest BCUT2D eigenvalue weighted by atomic mass is 10.2. The van der Waals surface area contributed by atoms with E-state index in [0.717, 1.165) is 13.2 Å². The summed E-state index contributed by atoms with van der Waals surface area (Å²) in [6, 6.07) is 0.613. The molecule has 1 unspecified atom stereocenters. The highest BCUT2D eigenvalue weighted by atomic mass is 16.5. The third-order valence-corrected chi connectivity index (χ3v) is 1.70. The summed E-state index contributed by atoms with van der Waals surface area (Å²) in [6.07, 6.45) is 4.25. The Bertz CT molecular complexity index is 104. The van der Waals surface area contributed by atoms with E-state index >= 15 is 0 Å². The molecule has 0 rings (SSSR count). The van der Waals surface area contributed by atoms with Crippen LogP contribution in [0.2, 0.25) is 0 Å². The van der Waals surface area contributed by atoms with E-state index in [4.69, 9.17) is 4.74 Å². The van der Waals surface area contributed by atoms with Crippen molar-refractivity contribution in [1.82, 2.24) is 5.32 Å². The zero-order chi connectivity index (χ0) is 9.23. The Morgan fingerprint density at radius 2 is 2.33 bits per heavy atom. The van der Waals surface area contributed by atoms with Crippen molar-refractivity contribution in [3.63, 3.8) is 0 Å². The van der Waals surface area contributed by atoms with Gasteiger partial charge in [-0.15, -0.1) is 6.58 Å². The highest BCUT2D eigenvalue weighted by Crippen LogP contribution is 1.93. The van der Waals surface area contributed by atoms with Crippen molar-refractivity contribution in [3.8, 4) is 0 Å². The molecule has 0 aromatic carbocycles. The van der Waals surface area contributed by atoms with E-state index in [9.17, 15) is 0 Å². The van der Waals surface area contributed by atoms with Crippen LogP contribution in [0.4, 0.5) is 0 Å². The minimum atomic E-state index is 0.613. The van der Waals surface area contributed by atoms with Gasteiger partial charge in [-0.2, -0.15) is 0 Å². The van der Waals surface area contributed by atoms with Crippen molar-refractivity contribution in [2.24, 2.45) is 0 Å². The van der Waals surface area contributed by atoms with E-state index in [1.54, 1.807) is 6.08 Å². The minimum Gasteiger partial charge on any atom is -0.376 e. The number of hydrogen-bond donors (Lipinski definition) is 1. The first-order valence-corrected chi connectivity index (χ1v) is 4.73. The molecule has 2 heteroatoms. The summed E-state index contributed by atoms with van der Waals surface area (Å²) in [5.41, 5.74) is 0. The quantitative estimate of drug-likeness (QED) is 0.445. The number of nitrogens with one attached hydrogen (secondary N) is 1. The first-order chi connectivity index (χ1) is 5.81. The van der Waals surface area contributed by atoms with E-state index in [-0.39, 0.29) is 0 Å². The van der Waals surface area contributed by atoms with Gasteiger partial charge in [0.2, 0.25) is 0 Å². The average molecular weight is 171 g/mol. The van der Waals surface area contributed by atoms with Gasteiger partial charge in [0, 0.05) is 12.6 Å². The zero-order valence-electron chi connectivity index (χ0n) is 8.31. The highest BCUT2D eigenvalue weighted by molar-refractivity contribution is 4.64. The number of rotatable bonds is 8. The molecular formula is C10H21NO. The summed E-state index contributed by atoms with van der Waals surface area (Å²) >= 11 is 0. The van der Waals surface area contributed by atoms with Gasteiger partial charge < -0.3 is 10.1 Å². The molecule has 0 amide bonds. The molecule has 0 aliphatic carbocycles. The van der Waals surface area contributed by atoms with Gasteiger partial charge in [0.1, 0.15) is 0 Å². The van der Waals surface area contributed by atoms with Crippen molar-refractivity contribution in [1.29, 1.82) is 0 Å². The van der Waals surface area contributed by atoms with Crippen LogP contribution >= 0.6 is 0 Å². The van der Waals surface area contributed by atoms with Gasteiger partial charge in [-0.1, -0.05) is 19.4 Å². The van der Waals surface area contributed by atoms with Crippen molar-refractivity contribution in [2.75, 3.05) is 19.8 Å². The fourth-order valence-corrected chi connectivity index (χ4v) is 1.08. The first kappa shape index (κ1) is 11.7. The van der Waals surface area contributed by atoms with E-state index < -0.39 is 0 Å². The predicted molar refractivity (Wildman–Crippen MR) is 53.4 cm³/mol. The second-order valence-corrected chi connectivity index (χ2v) is 3.01. The maximum atomic E-state index is 5.23. The smallest absolute Gasteiger partial charge is 0.0645 e. The van der Waals surface area contributed by atoms with Crippen LogP contribution in [0.1, 0.15) is 26.7 Å². The highest BCUT2D eigenvalue weighted by Gasteiger charge is 1.97. The summed E-state index contributed by atoms with van der Waals surface area (Å²) in [5.74, 6) is 0. The molecule has 1 N–H and O–H groups in total. The zero-order valence-corrected chi connectivity index (χ0v) is 8.31. The third kappa shape index (κ3) is 7.76. The summed E-state index contributed by atoms with van der Waals surface area (Å²) in [5, 5.41) is 3.38. The monoisotopic (exact) mass is 171 g/mol. The fraction of sp³-hybridized carbons (Fsp3) is 0.800. The molecule has 0 aliphatic heterocycles. The molecule has 0 saturated heterocycles. The lowest BCUT2D eigenvalue weighted by Gasteiger charge is -2.11. The van der Waals surface area contributed by atoms with Gasteiger partial charge >= 0.3 is 0 Å². The predicted octanol–water partition coefficient (Wildman–Crippen LogP) is 1.97. The maximum absolute atomic E-state index is 5.23. The standard InChI is InChI=1S/C10H21NO/c1-4-6-10(3)11-7-9-12-8-5-2/h5,10-11H,2,4,6-9H2,1,3H3. The molecule has 0 aromatic heterocycles. The van der Waals surface area contributed by atoms with Crippen LogP contribution in [0.5, 0.6) is 0 Å². The van der Waals surface area contributed by atoms with Gasteiger partial charge in [0.25, 0.3) is 0 Å². The number of hydrogen-bond acceptors (Lipinski definition) is 2. The molecule has 0 aliphatic rings. The summed E-state index contributed by atoms with van der Waals surface area (Å²) < 4.78 is 5.23. The lowest BCUT2D eigenvalue weighted by molar-refractivity contribution is 0.161. The van der Waals surface area contributed by atoms with E-state index in [0.29, 0.717) is 12.6 Å². The van der Waals surface area contributed by atoms with Crippen molar-refractivity contribution >= 4 is 0 Å². The summed E-state index contributed by atoms with van der Waals surface area (Å²) in [7, 11) is 0. The molecule has 0 spiro atoms. The van der Waals surface area contributed by atoms with Gasteiger partial charge in [-0.05, 0) is 13.3 Å². The molecule has 2 nitrogen and oxygen atoms in total. The van der Waals surface area contributed by atoms with Crippen LogP contribution in [0, 0.1) is 0 Å². The summed E-state index contributed by atoms with van der Waals surface area (Å²) in [4.78, 5) is 0. The van der Waals surface area contributed by atoms with Crippen molar-refractivity contribution < 1.29 is 4.74 Å². The van der Waals surface area contributed by atoms with Crippen LogP contribution in [0.25, 0.3) is 0 Å². The normalized spacial score (nSPS) is 12.8. The molecule has 12 heavy (non-hydrogen) atoms. The molecular weight excluding hydrogens is 150 g/mol. The lowest BCUT2D eigenvalue weighted by Crippen LogP contribution is -2.29. The Hall–Kier alpha value is -0.340. The molecule has 1 atom stereocenters. The van der Waals surface area contributed by atoms with Gasteiger partial charge in [0.15, 0.2) is 0 Å². The Morgan fingerprint density at radius 3 is 2.92 bits per heavy atom. The van der Waals surface area contributed by atoms with Crippen LogP contribution < -0.4 is 5.32 Å². The second-order valence-electron chi connectivity index (χ2n) is 3.01. The van der Waals surface area contributed by atoms with Crippen LogP contribution in [-0.4, -0.2) is 25.8 Å². The van der Waals surface area contributed by atoms with Gasteiger partial charge in [-0.3, -0.25) is 0 Å².